The van der Waals surface area contributed by atoms with Gasteiger partial charge in [-0.1, -0.05) is 46.0 Å². The minimum atomic E-state index is -0.378. The maximum absolute atomic E-state index is 10.5. The third-order valence-electron chi connectivity index (χ3n) is 3.82. The summed E-state index contributed by atoms with van der Waals surface area (Å²) in [5.74, 6) is 0.414. The molecule has 2 unspecified atom stereocenters. The van der Waals surface area contributed by atoms with E-state index in [1.54, 1.807) is 0 Å². The van der Waals surface area contributed by atoms with Gasteiger partial charge in [-0.15, -0.1) is 0 Å². The predicted octanol–water partition coefficient (Wildman–Crippen LogP) is 2.71. The van der Waals surface area contributed by atoms with Gasteiger partial charge >= 0.3 is 0 Å². The Morgan fingerprint density at radius 1 is 1.27 bits per heavy atom. The van der Waals surface area contributed by atoms with Crippen molar-refractivity contribution >= 4 is 0 Å². The van der Waals surface area contributed by atoms with Crippen LogP contribution in [0.5, 0.6) is 0 Å². The van der Waals surface area contributed by atoms with E-state index < -0.39 is 0 Å². The molecule has 1 aliphatic heterocycles. The Labute approximate surface area is 94.5 Å². The van der Waals surface area contributed by atoms with Crippen LogP contribution >= 0.6 is 0 Å². The smallest absolute Gasteiger partial charge is 0.0697 e. The van der Waals surface area contributed by atoms with Gasteiger partial charge in [-0.25, -0.2) is 0 Å². The largest absolute Gasteiger partial charge is 0.390 e. The molecule has 1 heterocycles. The van der Waals surface area contributed by atoms with Crippen molar-refractivity contribution in [3.8, 4) is 0 Å². The van der Waals surface area contributed by atoms with Crippen LogP contribution < -0.4 is 5.32 Å². The predicted molar refractivity (Wildman–Crippen MR) is 65.0 cm³/mol. The van der Waals surface area contributed by atoms with E-state index in [1.165, 1.54) is 32.1 Å². The maximum Gasteiger partial charge on any atom is 0.0697 e. The molecule has 1 saturated heterocycles. The lowest BCUT2D eigenvalue weighted by Gasteiger charge is -2.38. The van der Waals surface area contributed by atoms with Crippen molar-refractivity contribution in [2.45, 2.75) is 64.4 Å². The standard InChI is InChI=1S/C13H27NO/c1-3-4-5-6-7-8-13(15)9-10-14-11-12(13)2/h12,14-15H,3-11H2,1-2H3. The number of unbranched alkanes of at least 4 members (excludes halogenated alkanes) is 4. The van der Waals surface area contributed by atoms with Gasteiger partial charge in [0.05, 0.1) is 5.60 Å². The van der Waals surface area contributed by atoms with E-state index in [4.69, 9.17) is 0 Å². The summed E-state index contributed by atoms with van der Waals surface area (Å²) in [7, 11) is 0. The summed E-state index contributed by atoms with van der Waals surface area (Å²) < 4.78 is 0. The van der Waals surface area contributed by atoms with Crippen molar-refractivity contribution < 1.29 is 5.11 Å². The van der Waals surface area contributed by atoms with Gasteiger partial charge in [-0.2, -0.15) is 0 Å². The molecule has 0 radical (unpaired) electrons. The summed E-state index contributed by atoms with van der Waals surface area (Å²) in [5, 5.41) is 13.8. The fourth-order valence-corrected chi connectivity index (χ4v) is 2.47. The van der Waals surface area contributed by atoms with Crippen LogP contribution in [0.1, 0.15) is 58.8 Å². The highest BCUT2D eigenvalue weighted by Gasteiger charge is 2.34. The van der Waals surface area contributed by atoms with E-state index in [0.717, 1.165) is 25.9 Å². The van der Waals surface area contributed by atoms with Crippen LogP contribution in [0.4, 0.5) is 0 Å². The highest BCUT2D eigenvalue weighted by atomic mass is 16.3. The Morgan fingerprint density at radius 2 is 2.00 bits per heavy atom. The van der Waals surface area contributed by atoms with Gasteiger partial charge in [0.1, 0.15) is 0 Å². The molecule has 2 N–H and O–H groups in total. The minimum absolute atomic E-state index is 0.378. The van der Waals surface area contributed by atoms with Gasteiger partial charge in [-0.3, -0.25) is 0 Å². The first kappa shape index (κ1) is 13.0. The zero-order valence-corrected chi connectivity index (χ0v) is 10.4. The van der Waals surface area contributed by atoms with Crippen molar-refractivity contribution in [2.75, 3.05) is 13.1 Å². The molecule has 0 saturated carbocycles. The Kier molecular flexibility index (Phi) is 5.62. The van der Waals surface area contributed by atoms with Gasteiger partial charge in [0.15, 0.2) is 0 Å². The molecule has 0 aromatic rings. The van der Waals surface area contributed by atoms with E-state index >= 15 is 0 Å². The van der Waals surface area contributed by atoms with Gasteiger partial charge in [0.25, 0.3) is 0 Å². The second-order valence-electron chi connectivity index (χ2n) is 5.12. The monoisotopic (exact) mass is 213 g/mol. The second-order valence-corrected chi connectivity index (χ2v) is 5.12. The molecule has 0 aliphatic carbocycles. The third kappa shape index (κ3) is 4.12. The fourth-order valence-electron chi connectivity index (χ4n) is 2.47. The summed E-state index contributed by atoms with van der Waals surface area (Å²) in [5.41, 5.74) is -0.378. The van der Waals surface area contributed by atoms with Gasteiger partial charge < -0.3 is 10.4 Å². The molecule has 2 atom stereocenters. The Balaban J connectivity index is 2.17. The van der Waals surface area contributed by atoms with Gasteiger partial charge in [0, 0.05) is 6.54 Å². The molecule has 1 fully saturated rings. The maximum atomic E-state index is 10.5. The number of piperidine rings is 1. The second kappa shape index (κ2) is 6.49. The molecule has 1 aliphatic rings. The van der Waals surface area contributed by atoms with E-state index in [-0.39, 0.29) is 5.60 Å². The minimum Gasteiger partial charge on any atom is -0.390 e. The first-order chi connectivity index (χ1) is 7.19. The average molecular weight is 213 g/mol. The lowest BCUT2D eigenvalue weighted by atomic mass is 9.79. The molecular formula is C13H27NO. The van der Waals surface area contributed by atoms with Crippen molar-refractivity contribution in [2.24, 2.45) is 5.92 Å². The van der Waals surface area contributed by atoms with Crippen LogP contribution in [0.25, 0.3) is 0 Å². The zero-order valence-electron chi connectivity index (χ0n) is 10.4. The molecule has 1 rings (SSSR count). The van der Waals surface area contributed by atoms with Crippen LogP contribution in [-0.2, 0) is 0 Å². The number of hydrogen-bond donors (Lipinski definition) is 2. The lowest BCUT2D eigenvalue weighted by Crippen LogP contribution is -2.48. The summed E-state index contributed by atoms with van der Waals surface area (Å²) in [6, 6.07) is 0. The first-order valence-corrected chi connectivity index (χ1v) is 6.62. The van der Waals surface area contributed by atoms with Crippen LogP contribution in [0.2, 0.25) is 0 Å². The fraction of sp³-hybridized carbons (Fsp3) is 1.00. The van der Waals surface area contributed by atoms with Crippen LogP contribution in [0.3, 0.4) is 0 Å². The Bertz CT molecular complexity index is 172. The third-order valence-corrected chi connectivity index (χ3v) is 3.82. The Hall–Kier alpha value is -0.0800. The summed E-state index contributed by atoms with van der Waals surface area (Å²) in [6.07, 6.45) is 8.39. The van der Waals surface area contributed by atoms with Crippen LogP contribution in [-0.4, -0.2) is 23.8 Å². The topological polar surface area (TPSA) is 32.3 Å². The van der Waals surface area contributed by atoms with Crippen molar-refractivity contribution in [3.05, 3.63) is 0 Å². The van der Waals surface area contributed by atoms with Crippen molar-refractivity contribution in [1.29, 1.82) is 0 Å². The first-order valence-electron chi connectivity index (χ1n) is 6.62. The Morgan fingerprint density at radius 3 is 2.67 bits per heavy atom. The van der Waals surface area contributed by atoms with E-state index in [2.05, 4.69) is 19.2 Å². The molecule has 90 valence electrons. The quantitative estimate of drug-likeness (QED) is 0.665. The van der Waals surface area contributed by atoms with Crippen molar-refractivity contribution in [1.82, 2.24) is 5.32 Å². The normalized spacial score (nSPS) is 31.8. The highest BCUT2D eigenvalue weighted by Crippen LogP contribution is 2.29. The summed E-state index contributed by atoms with van der Waals surface area (Å²) in [4.78, 5) is 0. The molecule has 0 aromatic heterocycles. The molecule has 2 heteroatoms. The van der Waals surface area contributed by atoms with Crippen LogP contribution in [0, 0.1) is 5.92 Å². The highest BCUT2D eigenvalue weighted by molar-refractivity contribution is 4.89. The summed E-state index contributed by atoms with van der Waals surface area (Å²) in [6.45, 7) is 6.36. The molecular weight excluding hydrogens is 186 g/mol. The lowest BCUT2D eigenvalue weighted by molar-refractivity contribution is -0.0422. The number of nitrogens with one attached hydrogen (secondary N) is 1. The number of aliphatic hydroxyl groups is 1. The average Bonchev–Trinajstić information content (AvgIpc) is 2.23. The molecule has 0 amide bonds. The van der Waals surface area contributed by atoms with Crippen LogP contribution in [0.15, 0.2) is 0 Å². The molecule has 0 aromatic carbocycles. The zero-order chi connectivity index (χ0) is 11.1. The van der Waals surface area contributed by atoms with E-state index in [9.17, 15) is 5.11 Å². The molecule has 0 bridgehead atoms. The molecule has 15 heavy (non-hydrogen) atoms. The number of rotatable bonds is 6. The summed E-state index contributed by atoms with van der Waals surface area (Å²) >= 11 is 0. The van der Waals surface area contributed by atoms with Gasteiger partial charge in [-0.05, 0) is 25.3 Å². The molecule has 2 nitrogen and oxygen atoms in total. The number of hydrogen-bond acceptors (Lipinski definition) is 2. The van der Waals surface area contributed by atoms with E-state index in [0.29, 0.717) is 5.92 Å². The SMILES string of the molecule is CCCCCCCC1(O)CCNCC1C. The molecule has 0 spiro atoms. The van der Waals surface area contributed by atoms with Gasteiger partial charge in [0.2, 0.25) is 0 Å². The van der Waals surface area contributed by atoms with E-state index in [1.807, 2.05) is 0 Å². The van der Waals surface area contributed by atoms with Crippen molar-refractivity contribution in [3.63, 3.8) is 0 Å².